The van der Waals surface area contributed by atoms with Crippen LogP contribution in [0.4, 0.5) is 5.69 Å². The molecule has 2 nitrogen and oxygen atoms in total. The van der Waals surface area contributed by atoms with E-state index in [4.69, 9.17) is 11.6 Å². The van der Waals surface area contributed by atoms with E-state index in [1.807, 2.05) is 55.4 Å². The van der Waals surface area contributed by atoms with Crippen LogP contribution in [0.3, 0.4) is 0 Å². The van der Waals surface area contributed by atoms with Gasteiger partial charge in [0.1, 0.15) is 6.10 Å². The lowest BCUT2D eigenvalue weighted by Gasteiger charge is -2.15. The van der Waals surface area contributed by atoms with Crippen LogP contribution in [0.2, 0.25) is 5.02 Å². The van der Waals surface area contributed by atoms with Crippen molar-refractivity contribution in [3.05, 3.63) is 64.7 Å². The largest absolute Gasteiger partial charge is 0.384 e. The maximum atomic E-state index is 10.3. The molecule has 3 heteroatoms. The van der Waals surface area contributed by atoms with Crippen LogP contribution in [0.15, 0.2) is 48.5 Å². The van der Waals surface area contributed by atoms with Gasteiger partial charge in [0.05, 0.1) is 0 Å². The highest BCUT2D eigenvalue weighted by molar-refractivity contribution is 6.30. The molecule has 0 saturated heterocycles. The summed E-state index contributed by atoms with van der Waals surface area (Å²) in [6, 6.07) is 15.1. The monoisotopic (exact) mass is 261 g/mol. The summed E-state index contributed by atoms with van der Waals surface area (Å²) in [5.41, 5.74) is 2.84. The fourth-order valence-corrected chi connectivity index (χ4v) is 1.92. The van der Waals surface area contributed by atoms with Gasteiger partial charge in [-0.2, -0.15) is 0 Å². The summed E-state index contributed by atoms with van der Waals surface area (Å²) in [6.45, 7) is 0. The number of hydrogen-bond acceptors (Lipinski definition) is 2. The predicted molar refractivity (Wildman–Crippen MR) is 76.3 cm³/mol. The van der Waals surface area contributed by atoms with Crippen molar-refractivity contribution in [3.8, 4) is 0 Å². The van der Waals surface area contributed by atoms with Crippen molar-refractivity contribution < 1.29 is 5.11 Å². The van der Waals surface area contributed by atoms with Crippen molar-refractivity contribution in [3.63, 3.8) is 0 Å². The standard InChI is InChI=1S/C15H16ClNO/c1-17(2)14-9-5-12(6-10-14)15(18)11-3-7-13(16)8-4-11/h3-10,15,18H,1-2H3. The summed E-state index contributed by atoms with van der Waals surface area (Å²) in [5.74, 6) is 0. The zero-order valence-electron chi connectivity index (χ0n) is 10.5. The molecule has 18 heavy (non-hydrogen) atoms. The first-order valence-corrected chi connectivity index (χ1v) is 6.16. The van der Waals surface area contributed by atoms with Gasteiger partial charge in [-0.05, 0) is 35.4 Å². The van der Waals surface area contributed by atoms with Crippen LogP contribution < -0.4 is 4.90 Å². The van der Waals surface area contributed by atoms with Gasteiger partial charge in [0.25, 0.3) is 0 Å². The van der Waals surface area contributed by atoms with Crippen LogP contribution >= 0.6 is 11.6 Å². The Hall–Kier alpha value is -1.51. The molecule has 0 aliphatic heterocycles. The third-order valence-electron chi connectivity index (χ3n) is 2.91. The molecule has 0 aromatic heterocycles. The Morgan fingerprint density at radius 1 is 0.889 bits per heavy atom. The Balaban J connectivity index is 2.23. The number of aliphatic hydroxyl groups is 1. The third-order valence-corrected chi connectivity index (χ3v) is 3.16. The van der Waals surface area contributed by atoms with Gasteiger partial charge in [-0.1, -0.05) is 35.9 Å². The molecule has 0 fully saturated rings. The van der Waals surface area contributed by atoms with Crippen LogP contribution in [0.5, 0.6) is 0 Å². The quantitative estimate of drug-likeness (QED) is 0.914. The molecule has 2 aromatic carbocycles. The number of benzene rings is 2. The summed E-state index contributed by atoms with van der Waals surface area (Å²) in [6.07, 6.45) is -0.613. The minimum absolute atomic E-state index is 0.613. The Bertz CT molecular complexity index is 505. The van der Waals surface area contributed by atoms with Gasteiger partial charge in [-0.3, -0.25) is 0 Å². The number of aliphatic hydroxyl groups excluding tert-OH is 1. The van der Waals surface area contributed by atoms with Crippen molar-refractivity contribution in [1.82, 2.24) is 0 Å². The van der Waals surface area contributed by atoms with Gasteiger partial charge in [0, 0.05) is 24.8 Å². The summed E-state index contributed by atoms with van der Waals surface area (Å²) in [4.78, 5) is 2.03. The van der Waals surface area contributed by atoms with Crippen molar-refractivity contribution >= 4 is 17.3 Å². The lowest BCUT2D eigenvalue weighted by atomic mass is 10.0. The van der Waals surface area contributed by atoms with Crippen molar-refractivity contribution in [2.24, 2.45) is 0 Å². The normalized spacial score (nSPS) is 12.2. The van der Waals surface area contributed by atoms with Crippen LogP contribution in [-0.2, 0) is 0 Å². The lowest BCUT2D eigenvalue weighted by Crippen LogP contribution is -2.08. The lowest BCUT2D eigenvalue weighted by molar-refractivity contribution is 0.220. The second-order valence-corrected chi connectivity index (χ2v) is 4.88. The van der Waals surface area contributed by atoms with Gasteiger partial charge in [-0.25, -0.2) is 0 Å². The number of halogens is 1. The first-order chi connectivity index (χ1) is 8.58. The maximum absolute atomic E-state index is 10.3. The van der Waals surface area contributed by atoms with Crippen molar-refractivity contribution in [2.75, 3.05) is 19.0 Å². The second-order valence-electron chi connectivity index (χ2n) is 4.44. The molecule has 0 spiro atoms. The zero-order chi connectivity index (χ0) is 13.1. The van der Waals surface area contributed by atoms with Crippen molar-refractivity contribution in [2.45, 2.75) is 6.10 Å². The van der Waals surface area contributed by atoms with E-state index in [2.05, 4.69) is 0 Å². The maximum Gasteiger partial charge on any atom is 0.104 e. The molecule has 1 unspecified atom stereocenters. The smallest absolute Gasteiger partial charge is 0.104 e. The fraction of sp³-hybridized carbons (Fsp3) is 0.200. The first-order valence-electron chi connectivity index (χ1n) is 5.79. The van der Waals surface area contributed by atoms with E-state index >= 15 is 0 Å². The molecule has 94 valence electrons. The van der Waals surface area contributed by atoms with E-state index in [0.29, 0.717) is 5.02 Å². The van der Waals surface area contributed by atoms with Gasteiger partial charge >= 0.3 is 0 Å². The van der Waals surface area contributed by atoms with Crippen LogP contribution in [-0.4, -0.2) is 19.2 Å². The highest BCUT2D eigenvalue weighted by atomic mass is 35.5. The minimum atomic E-state index is -0.613. The summed E-state index contributed by atoms with van der Waals surface area (Å²) in [7, 11) is 3.98. The topological polar surface area (TPSA) is 23.5 Å². The van der Waals surface area contributed by atoms with Crippen LogP contribution in [0, 0.1) is 0 Å². The number of anilines is 1. The molecule has 0 saturated carbocycles. The molecule has 2 rings (SSSR count). The highest BCUT2D eigenvalue weighted by Crippen LogP contribution is 2.24. The van der Waals surface area contributed by atoms with E-state index in [0.717, 1.165) is 16.8 Å². The molecule has 1 atom stereocenters. The Kier molecular flexibility index (Phi) is 3.90. The third kappa shape index (κ3) is 2.84. The fourth-order valence-electron chi connectivity index (χ4n) is 1.79. The van der Waals surface area contributed by atoms with Gasteiger partial charge in [0.2, 0.25) is 0 Å². The molecular formula is C15H16ClNO. The Morgan fingerprint density at radius 2 is 1.33 bits per heavy atom. The number of nitrogens with zero attached hydrogens (tertiary/aromatic N) is 1. The van der Waals surface area contributed by atoms with E-state index in [1.54, 1.807) is 12.1 Å². The van der Waals surface area contributed by atoms with Crippen molar-refractivity contribution in [1.29, 1.82) is 0 Å². The molecule has 2 aromatic rings. The molecule has 0 bridgehead atoms. The molecule has 0 heterocycles. The predicted octanol–water partition coefficient (Wildman–Crippen LogP) is 3.49. The molecular weight excluding hydrogens is 246 g/mol. The summed E-state index contributed by atoms with van der Waals surface area (Å²) >= 11 is 5.83. The Morgan fingerprint density at radius 3 is 1.78 bits per heavy atom. The van der Waals surface area contributed by atoms with Gasteiger partial charge in [-0.15, -0.1) is 0 Å². The Labute approximate surface area is 112 Å². The molecule has 0 radical (unpaired) electrons. The van der Waals surface area contributed by atoms with Gasteiger partial charge in [0.15, 0.2) is 0 Å². The molecule has 0 aliphatic rings. The van der Waals surface area contributed by atoms with E-state index < -0.39 is 6.10 Å². The average Bonchev–Trinajstić information content (AvgIpc) is 2.39. The summed E-state index contributed by atoms with van der Waals surface area (Å²) < 4.78 is 0. The molecule has 1 N–H and O–H groups in total. The molecule has 0 aliphatic carbocycles. The number of rotatable bonds is 3. The van der Waals surface area contributed by atoms with E-state index in [9.17, 15) is 5.11 Å². The zero-order valence-corrected chi connectivity index (χ0v) is 11.2. The van der Waals surface area contributed by atoms with E-state index in [-0.39, 0.29) is 0 Å². The highest BCUT2D eigenvalue weighted by Gasteiger charge is 2.10. The summed E-state index contributed by atoms with van der Waals surface area (Å²) in [5, 5.41) is 10.9. The van der Waals surface area contributed by atoms with Crippen LogP contribution in [0.1, 0.15) is 17.2 Å². The van der Waals surface area contributed by atoms with E-state index in [1.165, 1.54) is 0 Å². The van der Waals surface area contributed by atoms with Crippen LogP contribution in [0.25, 0.3) is 0 Å². The minimum Gasteiger partial charge on any atom is -0.384 e. The average molecular weight is 262 g/mol. The second kappa shape index (κ2) is 5.42. The first kappa shape index (κ1) is 12.9. The molecule has 0 amide bonds. The van der Waals surface area contributed by atoms with Gasteiger partial charge < -0.3 is 10.0 Å². The SMILES string of the molecule is CN(C)c1ccc(C(O)c2ccc(Cl)cc2)cc1. The number of hydrogen-bond donors (Lipinski definition) is 1.